The van der Waals surface area contributed by atoms with Crippen LogP contribution in [0.4, 0.5) is 21.7 Å². The molecule has 2 N–H and O–H groups in total. The largest absolute Gasteiger partial charge is 0.360 e. The first-order valence-corrected chi connectivity index (χ1v) is 8.79. The van der Waals surface area contributed by atoms with Crippen molar-refractivity contribution in [2.45, 2.75) is 6.92 Å². The number of nitrogens with one attached hydrogen (secondary N) is 2. The van der Waals surface area contributed by atoms with Crippen molar-refractivity contribution < 1.29 is 13.7 Å². The molecule has 0 radical (unpaired) electrons. The van der Waals surface area contributed by atoms with Crippen LogP contribution < -0.4 is 10.6 Å². The zero-order chi connectivity index (χ0) is 20.2. The van der Waals surface area contributed by atoms with E-state index in [1.165, 1.54) is 18.2 Å². The van der Waals surface area contributed by atoms with Crippen LogP contribution in [-0.4, -0.2) is 21.0 Å². The molecule has 144 valence electrons. The van der Waals surface area contributed by atoms with Crippen LogP contribution in [0.2, 0.25) is 0 Å². The molecule has 29 heavy (non-hydrogen) atoms. The van der Waals surface area contributed by atoms with Gasteiger partial charge in [-0.15, -0.1) is 0 Å². The van der Waals surface area contributed by atoms with Gasteiger partial charge in [0.1, 0.15) is 23.1 Å². The van der Waals surface area contributed by atoms with Gasteiger partial charge in [0, 0.05) is 17.7 Å². The topological polar surface area (TPSA) is 92.9 Å². The highest BCUT2D eigenvalue weighted by Crippen LogP contribution is 2.22. The summed E-state index contributed by atoms with van der Waals surface area (Å²) < 4.78 is 18.9. The lowest BCUT2D eigenvalue weighted by atomic mass is 10.2. The number of halogens is 1. The third kappa shape index (κ3) is 4.27. The minimum Gasteiger partial charge on any atom is -0.360 e. The lowest BCUT2D eigenvalue weighted by molar-refractivity contribution is 0.102. The molecule has 0 unspecified atom stereocenters. The summed E-state index contributed by atoms with van der Waals surface area (Å²) in [7, 11) is 0. The van der Waals surface area contributed by atoms with Gasteiger partial charge >= 0.3 is 0 Å². The molecule has 7 nitrogen and oxygen atoms in total. The van der Waals surface area contributed by atoms with E-state index in [2.05, 4.69) is 25.8 Å². The van der Waals surface area contributed by atoms with E-state index in [4.69, 9.17) is 4.52 Å². The fourth-order valence-corrected chi connectivity index (χ4v) is 2.65. The lowest BCUT2D eigenvalue weighted by Crippen LogP contribution is -2.16. The molecule has 0 fully saturated rings. The van der Waals surface area contributed by atoms with Crippen LogP contribution in [0.15, 0.2) is 71.3 Å². The van der Waals surface area contributed by atoms with E-state index in [0.717, 1.165) is 5.56 Å². The average Bonchev–Trinajstić information content (AvgIpc) is 3.14. The molecular formula is C21H16FN5O2. The minimum absolute atomic E-state index is 0.0685. The van der Waals surface area contributed by atoms with Gasteiger partial charge < -0.3 is 15.2 Å². The number of rotatable bonds is 5. The van der Waals surface area contributed by atoms with Crippen molar-refractivity contribution in [2.75, 3.05) is 10.6 Å². The number of benzene rings is 2. The molecule has 8 heteroatoms. The molecule has 0 atom stereocenters. The second kappa shape index (κ2) is 7.89. The van der Waals surface area contributed by atoms with Crippen molar-refractivity contribution >= 4 is 23.2 Å². The Morgan fingerprint density at radius 3 is 2.45 bits per heavy atom. The summed E-state index contributed by atoms with van der Waals surface area (Å²) in [5, 5.41) is 9.40. The Morgan fingerprint density at radius 1 is 0.966 bits per heavy atom. The SMILES string of the molecule is Cc1cc(Nc2cc(C(=O)Nc3ccccc3F)nc(-c3ccccc3)n2)no1. The molecule has 2 aromatic heterocycles. The summed E-state index contributed by atoms with van der Waals surface area (Å²) in [4.78, 5) is 21.5. The van der Waals surface area contributed by atoms with Crippen molar-refractivity contribution in [1.82, 2.24) is 15.1 Å². The normalized spacial score (nSPS) is 10.6. The molecule has 0 aliphatic heterocycles. The molecule has 4 aromatic rings. The quantitative estimate of drug-likeness (QED) is 0.519. The summed E-state index contributed by atoms with van der Waals surface area (Å²) in [5.74, 6) is 0.673. The zero-order valence-corrected chi connectivity index (χ0v) is 15.4. The predicted octanol–water partition coefficient (Wildman–Crippen LogP) is 4.58. The van der Waals surface area contributed by atoms with Gasteiger partial charge in [0.25, 0.3) is 5.91 Å². The number of amides is 1. The van der Waals surface area contributed by atoms with Gasteiger partial charge in [-0.3, -0.25) is 4.79 Å². The molecule has 0 aliphatic rings. The minimum atomic E-state index is -0.561. The van der Waals surface area contributed by atoms with Crippen molar-refractivity contribution in [3.05, 3.63) is 84.0 Å². The Bertz CT molecular complexity index is 1160. The maximum absolute atomic E-state index is 13.9. The first kappa shape index (κ1) is 18.3. The Labute approximate surface area is 165 Å². The standard InChI is InChI=1S/C21H16FN5O2/c1-13-11-19(27-29-13)25-18-12-17(21(28)24-16-10-6-5-9-15(16)22)23-20(26-18)14-7-3-2-4-8-14/h2-12H,1H3,(H,24,28)(H,23,25,26,27). The number of carbonyl (C=O) groups is 1. The number of aryl methyl sites for hydroxylation is 1. The van der Waals surface area contributed by atoms with Crippen LogP contribution in [0.25, 0.3) is 11.4 Å². The molecule has 0 saturated carbocycles. The first-order chi connectivity index (χ1) is 14.1. The van der Waals surface area contributed by atoms with Crippen LogP contribution >= 0.6 is 0 Å². The van der Waals surface area contributed by atoms with Gasteiger partial charge in [0.2, 0.25) is 0 Å². The zero-order valence-electron chi connectivity index (χ0n) is 15.4. The van der Waals surface area contributed by atoms with E-state index < -0.39 is 11.7 Å². The number of para-hydroxylation sites is 1. The molecular weight excluding hydrogens is 373 g/mol. The van der Waals surface area contributed by atoms with Gasteiger partial charge in [0.05, 0.1) is 5.69 Å². The third-order valence-electron chi connectivity index (χ3n) is 4.00. The van der Waals surface area contributed by atoms with Crippen LogP contribution in [0.5, 0.6) is 0 Å². The predicted molar refractivity (Wildman–Crippen MR) is 106 cm³/mol. The highest BCUT2D eigenvalue weighted by Gasteiger charge is 2.15. The van der Waals surface area contributed by atoms with Gasteiger partial charge in [-0.2, -0.15) is 0 Å². The second-order valence-corrected chi connectivity index (χ2v) is 6.21. The van der Waals surface area contributed by atoms with E-state index in [1.807, 2.05) is 30.3 Å². The van der Waals surface area contributed by atoms with E-state index in [1.54, 1.807) is 25.1 Å². The molecule has 1 amide bonds. The number of anilines is 3. The Hall–Kier alpha value is -4.07. The summed E-state index contributed by atoms with van der Waals surface area (Å²) in [6, 6.07) is 18.3. The molecule has 0 aliphatic carbocycles. The number of nitrogens with zero attached hydrogens (tertiary/aromatic N) is 3. The monoisotopic (exact) mass is 389 g/mol. The number of hydrogen-bond acceptors (Lipinski definition) is 6. The Kier molecular flexibility index (Phi) is 4.98. The van der Waals surface area contributed by atoms with Crippen molar-refractivity contribution in [3.63, 3.8) is 0 Å². The van der Waals surface area contributed by atoms with E-state index in [-0.39, 0.29) is 11.4 Å². The number of hydrogen-bond donors (Lipinski definition) is 2. The van der Waals surface area contributed by atoms with Crippen LogP contribution in [-0.2, 0) is 0 Å². The van der Waals surface area contributed by atoms with E-state index in [9.17, 15) is 9.18 Å². The molecule has 4 rings (SSSR count). The summed E-state index contributed by atoms with van der Waals surface area (Å²) in [6.45, 7) is 1.76. The maximum Gasteiger partial charge on any atom is 0.274 e. The lowest BCUT2D eigenvalue weighted by Gasteiger charge is -2.10. The Morgan fingerprint density at radius 2 is 1.72 bits per heavy atom. The van der Waals surface area contributed by atoms with Crippen molar-refractivity contribution in [1.29, 1.82) is 0 Å². The van der Waals surface area contributed by atoms with Gasteiger partial charge in [-0.25, -0.2) is 14.4 Å². The summed E-state index contributed by atoms with van der Waals surface area (Å²) in [5.41, 5.74) is 0.872. The third-order valence-corrected chi connectivity index (χ3v) is 4.00. The van der Waals surface area contributed by atoms with Gasteiger partial charge in [-0.05, 0) is 19.1 Å². The van der Waals surface area contributed by atoms with Gasteiger partial charge in [0.15, 0.2) is 11.6 Å². The number of carbonyl (C=O) groups excluding carboxylic acids is 1. The maximum atomic E-state index is 13.9. The van der Waals surface area contributed by atoms with E-state index >= 15 is 0 Å². The smallest absolute Gasteiger partial charge is 0.274 e. The van der Waals surface area contributed by atoms with Crippen molar-refractivity contribution in [2.24, 2.45) is 0 Å². The molecule has 0 spiro atoms. The highest BCUT2D eigenvalue weighted by molar-refractivity contribution is 6.03. The highest BCUT2D eigenvalue weighted by atomic mass is 19.1. The van der Waals surface area contributed by atoms with Crippen molar-refractivity contribution in [3.8, 4) is 11.4 Å². The fourth-order valence-electron chi connectivity index (χ4n) is 2.65. The fraction of sp³-hybridized carbons (Fsp3) is 0.0476. The summed E-state index contributed by atoms with van der Waals surface area (Å²) >= 11 is 0. The first-order valence-electron chi connectivity index (χ1n) is 8.79. The van der Waals surface area contributed by atoms with Crippen LogP contribution in [0.3, 0.4) is 0 Å². The van der Waals surface area contributed by atoms with Gasteiger partial charge in [-0.1, -0.05) is 47.6 Å². The number of aromatic nitrogens is 3. The molecule has 0 saturated heterocycles. The average molecular weight is 389 g/mol. The second-order valence-electron chi connectivity index (χ2n) is 6.21. The summed E-state index contributed by atoms with van der Waals surface area (Å²) in [6.07, 6.45) is 0. The molecule has 2 heterocycles. The molecule has 2 aromatic carbocycles. The Balaban J connectivity index is 1.70. The van der Waals surface area contributed by atoms with Crippen LogP contribution in [0, 0.1) is 12.7 Å². The molecule has 0 bridgehead atoms. The van der Waals surface area contributed by atoms with E-state index in [0.29, 0.717) is 23.2 Å². The van der Waals surface area contributed by atoms with Crippen LogP contribution in [0.1, 0.15) is 16.2 Å².